The number of benzene rings is 3. The fourth-order valence-electron chi connectivity index (χ4n) is 3.49. The van der Waals surface area contributed by atoms with Crippen LogP contribution in [0.3, 0.4) is 0 Å². The lowest BCUT2D eigenvalue weighted by Crippen LogP contribution is -2.30. The van der Waals surface area contributed by atoms with Crippen LogP contribution in [0.4, 0.5) is 0 Å². The third-order valence-electron chi connectivity index (χ3n) is 4.72. The van der Waals surface area contributed by atoms with Gasteiger partial charge in [-0.25, -0.2) is 4.98 Å². The van der Waals surface area contributed by atoms with E-state index in [-0.39, 0.29) is 11.6 Å². The van der Waals surface area contributed by atoms with Crippen LogP contribution in [0.2, 0.25) is 0 Å². The summed E-state index contributed by atoms with van der Waals surface area (Å²) in [7, 11) is 1.99. The predicted molar refractivity (Wildman–Crippen MR) is 109 cm³/mol. The summed E-state index contributed by atoms with van der Waals surface area (Å²) < 4.78 is 1.81. The van der Waals surface area contributed by atoms with E-state index in [1.54, 1.807) is 0 Å². The molecule has 0 fully saturated rings. The quantitative estimate of drug-likeness (QED) is 0.538. The molecule has 0 radical (unpaired) electrons. The lowest BCUT2D eigenvalue weighted by Gasteiger charge is -2.23. The van der Waals surface area contributed by atoms with Crippen molar-refractivity contribution in [2.45, 2.75) is 13.0 Å². The van der Waals surface area contributed by atoms with E-state index in [1.807, 2.05) is 73.9 Å². The van der Waals surface area contributed by atoms with Gasteiger partial charge < -0.3 is 0 Å². The molecule has 1 aromatic heterocycles. The Morgan fingerprint density at radius 3 is 2.04 bits per heavy atom. The van der Waals surface area contributed by atoms with Crippen molar-refractivity contribution < 1.29 is 0 Å². The first-order chi connectivity index (χ1) is 12.6. The van der Waals surface area contributed by atoms with Crippen molar-refractivity contribution in [3.63, 3.8) is 0 Å². The van der Waals surface area contributed by atoms with E-state index >= 15 is 0 Å². The second kappa shape index (κ2) is 6.64. The maximum atomic E-state index is 13.4. The van der Waals surface area contributed by atoms with Gasteiger partial charge in [-0.15, -0.1) is 0 Å². The molecule has 26 heavy (non-hydrogen) atoms. The standard InChI is InChI=1S/C22H19BN2O/c1-15-24-20-13-12-18(23)14-19(20)22(26)25(15)21(16-8-4-2-5-9-16)17-10-6-3-7-11-17/h2-14,21H,23H2,1H3. The number of nitrogens with zero attached hydrogens (tertiary/aromatic N) is 2. The molecule has 0 spiro atoms. The summed E-state index contributed by atoms with van der Waals surface area (Å²) in [5.41, 5.74) is 3.93. The van der Waals surface area contributed by atoms with E-state index in [9.17, 15) is 4.79 Å². The van der Waals surface area contributed by atoms with Gasteiger partial charge in [-0.05, 0) is 24.1 Å². The monoisotopic (exact) mass is 338 g/mol. The Kier molecular flexibility index (Phi) is 4.17. The first-order valence-corrected chi connectivity index (χ1v) is 8.74. The summed E-state index contributed by atoms with van der Waals surface area (Å²) in [6.45, 7) is 1.90. The molecule has 0 saturated heterocycles. The summed E-state index contributed by atoms with van der Waals surface area (Å²) >= 11 is 0. The fourth-order valence-corrected chi connectivity index (χ4v) is 3.49. The SMILES string of the molecule is Bc1ccc2nc(C)n(C(c3ccccc3)c3ccccc3)c(=O)c2c1. The minimum atomic E-state index is -0.206. The third kappa shape index (κ3) is 2.84. The van der Waals surface area contributed by atoms with Crippen LogP contribution in [0.5, 0.6) is 0 Å². The van der Waals surface area contributed by atoms with Gasteiger partial charge in [-0.3, -0.25) is 9.36 Å². The molecule has 3 nitrogen and oxygen atoms in total. The maximum Gasteiger partial charge on any atom is 0.262 e. The molecule has 4 rings (SSSR count). The summed E-state index contributed by atoms with van der Waals surface area (Å²) in [5, 5.41) is 0.660. The molecular formula is C22H19BN2O. The van der Waals surface area contributed by atoms with Crippen LogP contribution >= 0.6 is 0 Å². The summed E-state index contributed by atoms with van der Waals surface area (Å²) in [5.74, 6) is 0.712. The lowest BCUT2D eigenvalue weighted by atomic mass is 9.94. The topological polar surface area (TPSA) is 34.9 Å². The molecule has 0 N–H and O–H groups in total. The smallest absolute Gasteiger partial charge is 0.262 e. The van der Waals surface area contributed by atoms with Crippen molar-refractivity contribution in [2.75, 3.05) is 0 Å². The zero-order valence-electron chi connectivity index (χ0n) is 14.9. The van der Waals surface area contributed by atoms with Crippen molar-refractivity contribution in [2.24, 2.45) is 0 Å². The predicted octanol–water partition coefficient (Wildman–Crippen LogP) is 2.60. The van der Waals surface area contributed by atoms with Gasteiger partial charge in [0.1, 0.15) is 13.7 Å². The summed E-state index contributed by atoms with van der Waals surface area (Å²) in [6, 6.07) is 25.9. The van der Waals surface area contributed by atoms with Gasteiger partial charge in [0.2, 0.25) is 0 Å². The summed E-state index contributed by atoms with van der Waals surface area (Å²) in [4.78, 5) is 18.1. The molecule has 1 heterocycles. The van der Waals surface area contributed by atoms with Crippen LogP contribution in [-0.2, 0) is 0 Å². The Bertz CT molecular complexity index is 1080. The van der Waals surface area contributed by atoms with Gasteiger partial charge in [-0.2, -0.15) is 0 Å². The van der Waals surface area contributed by atoms with Crippen LogP contribution in [0.1, 0.15) is 23.0 Å². The van der Waals surface area contributed by atoms with Crippen molar-refractivity contribution in [3.05, 3.63) is 106 Å². The van der Waals surface area contributed by atoms with Gasteiger partial charge >= 0.3 is 0 Å². The highest BCUT2D eigenvalue weighted by Crippen LogP contribution is 2.26. The zero-order chi connectivity index (χ0) is 18.1. The molecule has 4 aromatic rings. The molecule has 0 aliphatic heterocycles. The van der Waals surface area contributed by atoms with Gasteiger partial charge in [0.25, 0.3) is 5.56 Å². The highest BCUT2D eigenvalue weighted by molar-refractivity contribution is 6.33. The van der Waals surface area contributed by atoms with E-state index in [0.29, 0.717) is 11.2 Å². The van der Waals surface area contributed by atoms with E-state index in [4.69, 9.17) is 4.98 Å². The Balaban J connectivity index is 2.05. The van der Waals surface area contributed by atoms with Crippen molar-refractivity contribution in [1.29, 1.82) is 0 Å². The minimum absolute atomic E-state index is 0.00564. The molecule has 126 valence electrons. The van der Waals surface area contributed by atoms with Gasteiger partial charge in [-0.1, -0.05) is 78.3 Å². The van der Waals surface area contributed by atoms with E-state index in [2.05, 4.69) is 24.3 Å². The molecule has 0 aliphatic carbocycles. The van der Waals surface area contributed by atoms with E-state index in [0.717, 1.165) is 22.1 Å². The molecule has 0 amide bonds. The average molecular weight is 338 g/mol. The van der Waals surface area contributed by atoms with Crippen LogP contribution in [-0.4, -0.2) is 17.4 Å². The third-order valence-corrected chi connectivity index (χ3v) is 4.72. The number of hydrogen-bond acceptors (Lipinski definition) is 2. The average Bonchev–Trinajstić information content (AvgIpc) is 2.67. The molecule has 0 aliphatic rings. The van der Waals surface area contributed by atoms with Crippen LogP contribution < -0.4 is 11.0 Å². The summed E-state index contributed by atoms with van der Waals surface area (Å²) in [6.07, 6.45) is 0. The van der Waals surface area contributed by atoms with Crippen LogP contribution in [0.25, 0.3) is 10.9 Å². The highest BCUT2D eigenvalue weighted by atomic mass is 16.1. The van der Waals surface area contributed by atoms with Gasteiger partial charge in [0.05, 0.1) is 16.9 Å². The Morgan fingerprint density at radius 1 is 0.885 bits per heavy atom. The Labute approximate surface area is 153 Å². The molecule has 0 bridgehead atoms. The molecule has 0 atom stereocenters. The molecular weight excluding hydrogens is 319 g/mol. The second-order valence-corrected chi connectivity index (χ2v) is 6.58. The normalized spacial score (nSPS) is 11.2. The Morgan fingerprint density at radius 2 is 1.46 bits per heavy atom. The lowest BCUT2D eigenvalue weighted by molar-refractivity contribution is 0.620. The first kappa shape index (κ1) is 16.3. The first-order valence-electron chi connectivity index (χ1n) is 8.74. The molecule has 3 aromatic carbocycles. The zero-order valence-corrected chi connectivity index (χ0v) is 14.9. The van der Waals surface area contributed by atoms with Crippen molar-refractivity contribution >= 4 is 24.2 Å². The van der Waals surface area contributed by atoms with Gasteiger partial charge in [0.15, 0.2) is 0 Å². The molecule has 0 saturated carbocycles. The molecule has 0 unspecified atom stereocenters. The highest BCUT2D eigenvalue weighted by Gasteiger charge is 2.21. The fraction of sp³-hybridized carbons (Fsp3) is 0.0909. The molecule has 4 heteroatoms. The minimum Gasteiger partial charge on any atom is -0.285 e. The number of rotatable bonds is 3. The van der Waals surface area contributed by atoms with Crippen LogP contribution in [0, 0.1) is 6.92 Å². The maximum absolute atomic E-state index is 13.4. The second-order valence-electron chi connectivity index (χ2n) is 6.58. The van der Waals surface area contributed by atoms with E-state index < -0.39 is 0 Å². The number of aryl methyl sites for hydroxylation is 1. The van der Waals surface area contributed by atoms with E-state index in [1.165, 1.54) is 0 Å². The largest absolute Gasteiger partial charge is 0.285 e. The van der Waals surface area contributed by atoms with Crippen molar-refractivity contribution in [3.8, 4) is 0 Å². The van der Waals surface area contributed by atoms with Crippen LogP contribution in [0.15, 0.2) is 83.7 Å². The number of fused-ring (bicyclic) bond motifs is 1. The number of hydrogen-bond donors (Lipinski definition) is 0. The number of aromatic nitrogens is 2. The Hall–Kier alpha value is -3.14. The van der Waals surface area contributed by atoms with Gasteiger partial charge in [0, 0.05) is 0 Å². The van der Waals surface area contributed by atoms with Crippen molar-refractivity contribution in [1.82, 2.24) is 9.55 Å².